The highest BCUT2D eigenvalue weighted by atomic mass is 35.5. The van der Waals surface area contributed by atoms with Gasteiger partial charge < -0.3 is 14.1 Å². The van der Waals surface area contributed by atoms with Gasteiger partial charge in [-0.1, -0.05) is 54.1 Å². The fourth-order valence-electron chi connectivity index (χ4n) is 3.62. The largest absolute Gasteiger partial charge is 0.482 e. The maximum absolute atomic E-state index is 13.0. The molecule has 154 valence electrons. The number of carbonyl (C=O) groups is 1. The first-order valence-electron chi connectivity index (χ1n) is 10.2. The molecule has 3 aromatic rings. The lowest BCUT2D eigenvalue weighted by atomic mass is 10.0. The molecule has 0 radical (unpaired) electrons. The number of nitrogens with zero attached hydrogens (tertiary/aromatic N) is 1. The highest BCUT2D eigenvalue weighted by molar-refractivity contribution is 6.32. The zero-order valence-corrected chi connectivity index (χ0v) is 17.5. The Bertz CT molecular complexity index is 1010. The standard InChI is InChI=1S/C25H24ClNO3/c26-23-16-20(19-8-3-1-4-9-19)13-14-24(23)30-18-25(28)27(17-22-12-7-15-29-22)21-10-5-2-6-11-21/h1,3-4,7-10,12-16H,2,5-6,11,17-18H2. The van der Waals surface area contributed by atoms with Gasteiger partial charge in [0.1, 0.15) is 11.5 Å². The molecule has 0 atom stereocenters. The van der Waals surface area contributed by atoms with Gasteiger partial charge in [-0.25, -0.2) is 0 Å². The first-order chi connectivity index (χ1) is 14.7. The van der Waals surface area contributed by atoms with Gasteiger partial charge in [0, 0.05) is 5.70 Å². The lowest BCUT2D eigenvalue weighted by Crippen LogP contribution is -2.34. The number of ether oxygens (including phenoxy) is 1. The smallest absolute Gasteiger partial charge is 0.265 e. The van der Waals surface area contributed by atoms with Gasteiger partial charge in [-0.15, -0.1) is 0 Å². The molecule has 1 amide bonds. The van der Waals surface area contributed by atoms with Crippen molar-refractivity contribution in [3.63, 3.8) is 0 Å². The Balaban J connectivity index is 1.45. The molecule has 4 nitrogen and oxygen atoms in total. The summed E-state index contributed by atoms with van der Waals surface area (Å²) >= 11 is 6.43. The second-order valence-corrected chi connectivity index (χ2v) is 7.71. The number of allylic oxidation sites excluding steroid dienone is 2. The molecule has 0 saturated heterocycles. The quantitative estimate of drug-likeness (QED) is 0.439. The van der Waals surface area contributed by atoms with Crippen molar-refractivity contribution in [2.45, 2.75) is 32.2 Å². The van der Waals surface area contributed by atoms with E-state index in [4.69, 9.17) is 20.8 Å². The summed E-state index contributed by atoms with van der Waals surface area (Å²) in [7, 11) is 0. The molecule has 1 aliphatic carbocycles. The third-order valence-electron chi connectivity index (χ3n) is 5.20. The normalized spacial score (nSPS) is 13.6. The maximum Gasteiger partial charge on any atom is 0.265 e. The number of hydrogen-bond acceptors (Lipinski definition) is 3. The Morgan fingerprint density at radius 2 is 1.90 bits per heavy atom. The second kappa shape index (κ2) is 9.68. The van der Waals surface area contributed by atoms with Gasteiger partial charge in [-0.3, -0.25) is 4.79 Å². The summed E-state index contributed by atoms with van der Waals surface area (Å²) in [6, 6.07) is 19.3. The molecule has 0 saturated carbocycles. The molecular weight excluding hydrogens is 398 g/mol. The minimum Gasteiger partial charge on any atom is -0.482 e. The van der Waals surface area contributed by atoms with E-state index in [0.29, 0.717) is 17.3 Å². The first kappa shape index (κ1) is 20.3. The molecule has 4 rings (SSSR count). The average Bonchev–Trinajstić information content (AvgIpc) is 3.31. The molecule has 0 bridgehead atoms. The van der Waals surface area contributed by atoms with Crippen molar-refractivity contribution in [2.24, 2.45) is 0 Å². The molecule has 0 spiro atoms. The molecule has 1 aliphatic rings. The molecule has 1 heterocycles. The van der Waals surface area contributed by atoms with Crippen molar-refractivity contribution in [3.8, 4) is 16.9 Å². The summed E-state index contributed by atoms with van der Waals surface area (Å²) in [4.78, 5) is 14.8. The third kappa shape index (κ3) is 4.95. The predicted octanol–water partition coefficient (Wildman–Crippen LogP) is 6.47. The van der Waals surface area contributed by atoms with E-state index in [0.717, 1.165) is 48.3 Å². The number of hydrogen-bond donors (Lipinski definition) is 0. The lowest BCUT2D eigenvalue weighted by molar-refractivity contribution is -0.132. The summed E-state index contributed by atoms with van der Waals surface area (Å²) in [5, 5.41) is 0.485. The molecular formula is C25H24ClNO3. The molecule has 0 fully saturated rings. The van der Waals surface area contributed by atoms with Crippen molar-refractivity contribution >= 4 is 17.5 Å². The topological polar surface area (TPSA) is 42.7 Å². The average molecular weight is 422 g/mol. The van der Waals surface area contributed by atoms with Crippen LogP contribution in [0.4, 0.5) is 0 Å². The molecule has 1 aromatic heterocycles. The molecule has 0 aliphatic heterocycles. The number of rotatable bonds is 7. The van der Waals surface area contributed by atoms with Crippen LogP contribution in [-0.4, -0.2) is 17.4 Å². The van der Waals surface area contributed by atoms with Crippen LogP contribution >= 0.6 is 11.6 Å². The van der Waals surface area contributed by atoms with Gasteiger partial charge in [0.2, 0.25) is 0 Å². The van der Waals surface area contributed by atoms with Crippen LogP contribution in [0.25, 0.3) is 11.1 Å². The Morgan fingerprint density at radius 1 is 1.03 bits per heavy atom. The fourth-order valence-corrected chi connectivity index (χ4v) is 3.86. The van der Waals surface area contributed by atoms with Crippen molar-refractivity contribution in [3.05, 3.63) is 89.5 Å². The summed E-state index contributed by atoms with van der Waals surface area (Å²) in [6.45, 7) is 0.324. The number of carbonyl (C=O) groups excluding carboxylic acids is 1. The van der Waals surface area contributed by atoms with Crippen LogP contribution in [0.2, 0.25) is 5.02 Å². The van der Waals surface area contributed by atoms with E-state index in [1.165, 1.54) is 0 Å². The van der Waals surface area contributed by atoms with Crippen LogP contribution in [-0.2, 0) is 11.3 Å². The van der Waals surface area contributed by atoms with Crippen molar-refractivity contribution in [2.75, 3.05) is 6.61 Å². The highest BCUT2D eigenvalue weighted by Gasteiger charge is 2.21. The Labute approximate surface area is 181 Å². The first-order valence-corrected chi connectivity index (χ1v) is 10.6. The zero-order valence-electron chi connectivity index (χ0n) is 16.7. The van der Waals surface area contributed by atoms with Gasteiger partial charge in [0.15, 0.2) is 6.61 Å². The predicted molar refractivity (Wildman–Crippen MR) is 118 cm³/mol. The Kier molecular flexibility index (Phi) is 6.55. The SMILES string of the molecule is O=C(COc1ccc(-c2ccccc2)cc1Cl)N(Cc1ccco1)C1=CCCCC1. The summed E-state index contributed by atoms with van der Waals surface area (Å²) < 4.78 is 11.3. The van der Waals surface area contributed by atoms with Gasteiger partial charge in [0.05, 0.1) is 17.8 Å². The minimum atomic E-state index is -0.109. The van der Waals surface area contributed by atoms with E-state index in [-0.39, 0.29) is 12.5 Å². The Hall–Kier alpha value is -2.98. The number of benzene rings is 2. The van der Waals surface area contributed by atoms with Crippen molar-refractivity contribution < 1.29 is 13.9 Å². The van der Waals surface area contributed by atoms with Crippen molar-refractivity contribution in [1.82, 2.24) is 4.90 Å². The third-order valence-corrected chi connectivity index (χ3v) is 5.49. The summed E-state index contributed by atoms with van der Waals surface area (Å²) in [5.41, 5.74) is 3.12. The van der Waals surface area contributed by atoms with Gasteiger partial charge in [-0.2, -0.15) is 0 Å². The van der Waals surface area contributed by atoms with Crippen LogP contribution in [0.5, 0.6) is 5.75 Å². The van der Waals surface area contributed by atoms with Crippen molar-refractivity contribution in [1.29, 1.82) is 0 Å². The second-order valence-electron chi connectivity index (χ2n) is 7.30. The van der Waals surface area contributed by atoms with E-state index >= 15 is 0 Å². The van der Waals surface area contributed by atoms with E-state index in [1.54, 1.807) is 11.2 Å². The van der Waals surface area contributed by atoms with Gasteiger partial charge in [-0.05, 0) is 61.1 Å². The maximum atomic E-state index is 13.0. The van der Waals surface area contributed by atoms with Crippen LogP contribution in [0, 0.1) is 0 Å². The highest BCUT2D eigenvalue weighted by Crippen LogP contribution is 2.31. The number of furan rings is 1. The van der Waals surface area contributed by atoms with Crippen LogP contribution in [0.1, 0.15) is 31.4 Å². The zero-order chi connectivity index (χ0) is 20.8. The monoisotopic (exact) mass is 421 g/mol. The van der Waals surface area contributed by atoms with E-state index in [2.05, 4.69) is 6.08 Å². The molecule has 30 heavy (non-hydrogen) atoms. The van der Waals surface area contributed by atoms with Crippen LogP contribution in [0.3, 0.4) is 0 Å². The van der Waals surface area contributed by atoms with E-state index in [1.807, 2.05) is 60.7 Å². The lowest BCUT2D eigenvalue weighted by Gasteiger charge is -2.27. The summed E-state index contributed by atoms with van der Waals surface area (Å²) in [5.74, 6) is 1.14. The molecule has 2 aromatic carbocycles. The number of amides is 1. The van der Waals surface area contributed by atoms with E-state index in [9.17, 15) is 4.79 Å². The van der Waals surface area contributed by atoms with Gasteiger partial charge in [0.25, 0.3) is 5.91 Å². The van der Waals surface area contributed by atoms with E-state index < -0.39 is 0 Å². The minimum absolute atomic E-state index is 0.0809. The van der Waals surface area contributed by atoms with Gasteiger partial charge >= 0.3 is 0 Å². The van der Waals surface area contributed by atoms with Crippen LogP contribution in [0.15, 0.2) is 83.1 Å². The Morgan fingerprint density at radius 3 is 2.60 bits per heavy atom. The molecule has 0 N–H and O–H groups in total. The number of halogens is 1. The summed E-state index contributed by atoms with van der Waals surface area (Å²) in [6.07, 6.45) is 7.89. The molecule has 0 unspecified atom stereocenters. The fraction of sp³-hybridized carbons (Fsp3) is 0.240. The molecule has 5 heteroatoms. The van der Waals surface area contributed by atoms with Crippen LogP contribution < -0.4 is 4.74 Å².